The van der Waals surface area contributed by atoms with E-state index in [0.717, 1.165) is 16.8 Å². The summed E-state index contributed by atoms with van der Waals surface area (Å²) in [5.41, 5.74) is 1.09. The summed E-state index contributed by atoms with van der Waals surface area (Å²) in [6.07, 6.45) is 0.649. The zero-order valence-electron chi connectivity index (χ0n) is 16.8. The van der Waals surface area contributed by atoms with E-state index < -0.39 is 17.4 Å². The summed E-state index contributed by atoms with van der Waals surface area (Å²) < 4.78 is 0. The average molecular weight is 424 g/mol. The molecule has 3 aliphatic rings. The normalized spacial score (nSPS) is 29.8. The van der Waals surface area contributed by atoms with Crippen LogP contribution in [0.2, 0.25) is 5.02 Å². The summed E-state index contributed by atoms with van der Waals surface area (Å²) in [5, 5.41) is 4.03. The lowest BCUT2D eigenvalue weighted by molar-refractivity contribution is -0.141. The maximum Gasteiger partial charge on any atom is 0.253 e. The van der Waals surface area contributed by atoms with Gasteiger partial charge < -0.3 is 4.90 Å². The second kappa shape index (κ2) is 6.65. The number of hydrogen-bond donors (Lipinski definition) is 1. The maximum absolute atomic E-state index is 14.0. The van der Waals surface area contributed by atoms with Gasteiger partial charge in [-0.25, -0.2) is 0 Å². The molecule has 2 aromatic rings. The van der Waals surface area contributed by atoms with Crippen LogP contribution < -0.4 is 10.2 Å². The van der Waals surface area contributed by atoms with Crippen molar-refractivity contribution in [3.63, 3.8) is 0 Å². The third kappa shape index (κ3) is 2.32. The van der Waals surface area contributed by atoms with Crippen molar-refractivity contribution in [2.45, 2.75) is 31.5 Å². The summed E-state index contributed by atoms with van der Waals surface area (Å²) in [6, 6.07) is 14.7. The number of nitrogens with zero attached hydrogens (tertiary/aromatic N) is 2. The molecule has 0 aromatic heterocycles. The van der Waals surface area contributed by atoms with Crippen LogP contribution >= 0.6 is 11.6 Å². The Morgan fingerprint density at radius 3 is 2.47 bits per heavy atom. The van der Waals surface area contributed by atoms with Crippen LogP contribution in [-0.4, -0.2) is 35.7 Å². The molecule has 3 aliphatic heterocycles. The Morgan fingerprint density at radius 1 is 1.03 bits per heavy atom. The fourth-order valence-corrected chi connectivity index (χ4v) is 5.59. The molecule has 0 bridgehead atoms. The Morgan fingerprint density at radius 2 is 1.73 bits per heavy atom. The van der Waals surface area contributed by atoms with Crippen LogP contribution in [0.4, 0.5) is 5.69 Å². The van der Waals surface area contributed by atoms with Crippen LogP contribution in [0.15, 0.2) is 48.5 Å². The predicted octanol–water partition coefficient (Wildman–Crippen LogP) is 2.69. The highest BCUT2D eigenvalue weighted by molar-refractivity contribution is 6.31. The number of amides is 3. The van der Waals surface area contributed by atoms with E-state index in [1.54, 1.807) is 11.0 Å². The third-order valence-electron chi connectivity index (χ3n) is 6.81. The fourth-order valence-electron chi connectivity index (χ4n) is 5.40. The topological polar surface area (TPSA) is 69.7 Å². The van der Waals surface area contributed by atoms with Gasteiger partial charge in [0.15, 0.2) is 0 Å². The zero-order chi connectivity index (χ0) is 21.2. The summed E-state index contributed by atoms with van der Waals surface area (Å²) in [4.78, 5) is 42.9. The molecule has 2 fully saturated rings. The van der Waals surface area contributed by atoms with E-state index in [1.165, 1.54) is 11.9 Å². The summed E-state index contributed by atoms with van der Waals surface area (Å²) in [6.45, 7) is 2.27. The van der Waals surface area contributed by atoms with Gasteiger partial charge in [0.05, 0.1) is 18.4 Å². The molecule has 4 unspecified atom stereocenters. The molecule has 1 N–H and O–H groups in total. The minimum atomic E-state index is -1.24. The van der Waals surface area contributed by atoms with Crippen molar-refractivity contribution in [1.82, 2.24) is 10.2 Å². The molecule has 3 heterocycles. The lowest BCUT2D eigenvalue weighted by Crippen LogP contribution is -2.54. The van der Waals surface area contributed by atoms with Gasteiger partial charge in [0.1, 0.15) is 5.54 Å². The number of benzene rings is 2. The Hall–Kier alpha value is -2.70. The first kappa shape index (κ1) is 19.3. The number of rotatable bonds is 3. The van der Waals surface area contributed by atoms with Crippen molar-refractivity contribution < 1.29 is 14.4 Å². The van der Waals surface area contributed by atoms with Gasteiger partial charge in [-0.2, -0.15) is 0 Å². The summed E-state index contributed by atoms with van der Waals surface area (Å²) in [7, 11) is 1.51. The Kier molecular flexibility index (Phi) is 4.27. The predicted molar refractivity (Wildman–Crippen MR) is 113 cm³/mol. The highest BCUT2D eigenvalue weighted by Gasteiger charge is 2.70. The maximum atomic E-state index is 14.0. The number of likely N-dealkylation sites (tertiary alicyclic amines) is 1. The molecule has 5 rings (SSSR count). The highest BCUT2D eigenvalue weighted by Crippen LogP contribution is 2.55. The quantitative estimate of drug-likeness (QED) is 0.770. The molecule has 6 nitrogen and oxygen atoms in total. The van der Waals surface area contributed by atoms with Crippen molar-refractivity contribution >= 4 is 35.0 Å². The number of anilines is 1. The first-order valence-electron chi connectivity index (χ1n) is 10.2. The van der Waals surface area contributed by atoms with Crippen LogP contribution in [0, 0.1) is 11.8 Å². The average Bonchev–Trinajstić information content (AvgIpc) is 3.31. The minimum absolute atomic E-state index is 0.203. The Balaban J connectivity index is 1.66. The smallest absolute Gasteiger partial charge is 0.253 e. The molecular weight excluding hydrogens is 402 g/mol. The minimum Gasteiger partial charge on any atom is -0.306 e. The van der Waals surface area contributed by atoms with Crippen molar-refractivity contribution in [2.24, 2.45) is 11.8 Å². The van der Waals surface area contributed by atoms with Gasteiger partial charge in [0.2, 0.25) is 11.8 Å². The van der Waals surface area contributed by atoms with E-state index >= 15 is 0 Å². The highest BCUT2D eigenvalue weighted by atomic mass is 35.5. The molecule has 0 radical (unpaired) electrons. The van der Waals surface area contributed by atoms with Crippen molar-refractivity contribution in [2.75, 3.05) is 11.9 Å². The third-order valence-corrected chi connectivity index (χ3v) is 7.18. The molecular formula is C23H22ClN3O3. The number of halogens is 1. The molecule has 1 spiro atoms. The van der Waals surface area contributed by atoms with Gasteiger partial charge in [0.25, 0.3) is 5.91 Å². The molecule has 0 saturated carbocycles. The monoisotopic (exact) mass is 423 g/mol. The molecule has 0 aliphatic carbocycles. The van der Waals surface area contributed by atoms with Gasteiger partial charge >= 0.3 is 0 Å². The fraction of sp³-hybridized carbons (Fsp3) is 0.348. The van der Waals surface area contributed by atoms with E-state index in [9.17, 15) is 14.4 Å². The van der Waals surface area contributed by atoms with E-state index in [1.807, 2.05) is 49.4 Å². The van der Waals surface area contributed by atoms with E-state index in [0.29, 0.717) is 18.0 Å². The van der Waals surface area contributed by atoms with Crippen LogP contribution in [0.3, 0.4) is 0 Å². The van der Waals surface area contributed by atoms with E-state index in [4.69, 9.17) is 11.6 Å². The molecule has 2 aromatic carbocycles. The van der Waals surface area contributed by atoms with Crippen LogP contribution in [-0.2, 0) is 26.5 Å². The number of carbonyl (C=O) groups is 3. The number of carbonyl (C=O) groups excluding carboxylic acids is 3. The van der Waals surface area contributed by atoms with Gasteiger partial charge in [-0.1, -0.05) is 54.9 Å². The first-order valence-corrected chi connectivity index (χ1v) is 10.5. The Labute approximate surface area is 179 Å². The number of nitrogens with one attached hydrogen (secondary N) is 1. The number of imide groups is 1. The lowest BCUT2D eigenvalue weighted by Gasteiger charge is -2.30. The molecule has 30 heavy (non-hydrogen) atoms. The van der Waals surface area contributed by atoms with E-state index in [-0.39, 0.29) is 23.8 Å². The molecule has 7 heteroatoms. The number of hydrogen-bond acceptors (Lipinski definition) is 4. The standard InChI is InChI=1S/C23H22ClN3O3/c1-3-16-18-19(21(29)26(2)20(18)28)23(25-16)14-9-5-7-11-17(14)27(22(23)30)12-13-8-4-6-10-15(13)24/h4-11,16,18-19,25H,3,12H2,1-2H3. The number of para-hydroxylation sites is 1. The molecule has 154 valence electrons. The Bertz CT molecular complexity index is 1090. The van der Waals surface area contributed by atoms with Crippen molar-refractivity contribution in [3.05, 3.63) is 64.7 Å². The summed E-state index contributed by atoms with van der Waals surface area (Å²) >= 11 is 6.37. The lowest BCUT2D eigenvalue weighted by atomic mass is 9.76. The zero-order valence-corrected chi connectivity index (χ0v) is 17.5. The molecule has 3 amide bonds. The van der Waals surface area contributed by atoms with Crippen LogP contribution in [0.25, 0.3) is 0 Å². The molecule has 4 atom stereocenters. The van der Waals surface area contributed by atoms with Gasteiger partial charge in [0, 0.05) is 29.4 Å². The van der Waals surface area contributed by atoms with Crippen molar-refractivity contribution in [1.29, 1.82) is 0 Å². The molecule has 2 saturated heterocycles. The van der Waals surface area contributed by atoms with Gasteiger partial charge in [-0.15, -0.1) is 0 Å². The van der Waals surface area contributed by atoms with E-state index in [2.05, 4.69) is 5.32 Å². The first-order chi connectivity index (χ1) is 14.4. The number of fused-ring (bicyclic) bond motifs is 4. The summed E-state index contributed by atoms with van der Waals surface area (Å²) in [5.74, 6) is -1.99. The second-order valence-corrected chi connectivity index (χ2v) is 8.61. The SMILES string of the molecule is CCC1NC2(C(=O)N(Cc3ccccc3Cl)c3ccccc32)C2C(=O)N(C)C(=O)C12. The second-order valence-electron chi connectivity index (χ2n) is 8.21. The van der Waals surface area contributed by atoms with Crippen LogP contribution in [0.5, 0.6) is 0 Å². The van der Waals surface area contributed by atoms with Crippen molar-refractivity contribution in [3.8, 4) is 0 Å². The largest absolute Gasteiger partial charge is 0.306 e. The van der Waals surface area contributed by atoms with Gasteiger partial charge in [-0.3, -0.25) is 24.6 Å². The van der Waals surface area contributed by atoms with Gasteiger partial charge in [-0.05, 0) is 24.1 Å². The van der Waals surface area contributed by atoms with Crippen LogP contribution in [0.1, 0.15) is 24.5 Å².